The van der Waals surface area contributed by atoms with Crippen LogP contribution in [0.3, 0.4) is 0 Å². The molecule has 0 aliphatic carbocycles. The second kappa shape index (κ2) is 10.6. The molecule has 0 aliphatic heterocycles. The van der Waals surface area contributed by atoms with Crippen molar-refractivity contribution in [2.24, 2.45) is 10.2 Å². The molecular formula is C30H28N2O2. The van der Waals surface area contributed by atoms with E-state index in [0.717, 1.165) is 22.3 Å². The highest BCUT2D eigenvalue weighted by Crippen LogP contribution is 2.24. The minimum Gasteiger partial charge on any atom is -0.507 e. The quantitative estimate of drug-likeness (QED) is 0.254. The van der Waals surface area contributed by atoms with Crippen molar-refractivity contribution in [3.63, 3.8) is 0 Å². The number of hydrogen-bond donors (Lipinski definition) is 2. The Labute approximate surface area is 200 Å². The van der Waals surface area contributed by atoms with E-state index in [4.69, 9.17) is 0 Å². The molecule has 0 saturated heterocycles. The number of benzene rings is 4. The van der Waals surface area contributed by atoms with Crippen LogP contribution in [0.2, 0.25) is 0 Å². The van der Waals surface area contributed by atoms with Crippen LogP contribution in [-0.4, -0.2) is 21.6 Å². The molecular weight excluding hydrogens is 420 g/mol. The van der Waals surface area contributed by atoms with Gasteiger partial charge in [-0.05, 0) is 49.2 Å². The standard InChI is InChI=1S/C30H28N2O2/c1-21-13-15-29(33)25(17-21)27(19-23-9-5-3-6-10-23)31-32-28(20-24-11-7-4-8-12-24)26-18-22(2)14-16-30(26)34/h3-18,33-34H,19-20H2,1-2H3/b31-27+,32-28+. The van der Waals surface area contributed by atoms with E-state index < -0.39 is 0 Å². The fourth-order valence-electron chi connectivity index (χ4n) is 3.83. The summed E-state index contributed by atoms with van der Waals surface area (Å²) in [5.41, 5.74) is 6.81. The van der Waals surface area contributed by atoms with E-state index in [1.165, 1.54) is 0 Å². The molecule has 0 spiro atoms. The maximum absolute atomic E-state index is 10.6. The van der Waals surface area contributed by atoms with E-state index in [1.54, 1.807) is 12.1 Å². The van der Waals surface area contributed by atoms with Gasteiger partial charge in [-0.1, -0.05) is 83.9 Å². The predicted molar refractivity (Wildman–Crippen MR) is 139 cm³/mol. The van der Waals surface area contributed by atoms with Crippen LogP contribution < -0.4 is 0 Å². The van der Waals surface area contributed by atoms with Crippen molar-refractivity contribution in [1.82, 2.24) is 0 Å². The van der Waals surface area contributed by atoms with Gasteiger partial charge in [-0.3, -0.25) is 0 Å². The van der Waals surface area contributed by atoms with Crippen LogP contribution in [0.4, 0.5) is 0 Å². The Bertz CT molecular complexity index is 1220. The number of nitrogens with zero attached hydrogens (tertiary/aromatic N) is 2. The Morgan fingerprint density at radius 2 is 0.941 bits per heavy atom. The predicted octanol–water partition coefficient (Wildman–Crippen LogP) is 6.39. The first-order valence-corrected chi connectivity index (χ1v) is 11.3. The minimum absolute atomic E-state index is 0.165. The zero-order valence-corrected chi connectivity index (χ0v) is 19.4. The molecule has 0 fully saturated rings. The molecule has 0 atom stereocenters. The Morgan fingerprint density at radius 3 is 1.32 bits per heavy atom. The molecule has 0 bridgehead atoms. The number of aromatic hydroxyl groups is 2. The number of hydrogen-bond acceptors (Lipinski definition) is 4. The fourth-order valence-corrected chi connectivity index (χ4v) is 3.83. The van der Waals surface area contributed by atoms with Crippen LogP contribution >= 0.6 is 0 Å². The van der Waals surface area contributed by atoms with Crippen LogP contribution in [0.15, 0.2) is 107 Å². The van der Waals surface area contributed by atoms with Crippen LogP contribution in [0, 0.1) is 13.8 Å². The molecule has 0 radical (unpaired) electrons. The molecule has 0 unspecified atom stereocenters. The molecule has 0 amide bonds. The average Bonchev–Trinajstić information content (AvgIpc) is 2.85. The van der Waals surface area contributed by atoms with E-state index in [0.29, 0.717) is 35.4 Å². The van der Waals surface area contributed by atoms with Crippen LogP contribution in [-0.2, 0) is 12.8 Å². The number of rotatable bonds is 7. The maximum atomic E-state index is 10.6. The van der Waals surface area contributed by atoms with Gasteiger partial charge < -0.3 is 10.2 Å². The molecule has 0 saturated carbocycles. The molecule has 4 aromatic carbocycles. The van der Waals surface area contributed by atoms with Crippen molar-refractivity contribution in [3.05, 3.63) is 130 Å². The van der Waals surface area contributed by atoms with E-state index in [2.05, 4.69) is 10.2 Å². The van der Waals surface area contributed by atoms with Crippen molar-refractivity contribution < 1.29 is 10.2 Å². The van der Waals surface area contributed by atoms with Gasteiger partial charge in [0.2, 0.25) is 0 Å². The second-order valence-corrected chi connectivity index (χ2v) is 8.46. The van der Waals surface area contributed by atoms with Gasteiger partial charge in [0, 0.05) is 24.0 Å². The van der Waals surface area contributed by atoms with Gasteiger partial charge >= 0.3 is 0 Å². The summed E-state index contributed by atoms with van der Waals surface area (Å²) in [7, 11) is 0. The molecule has 2 N–H and O–H groups in total. The zero-order chi connectivity index (χ0) is 23.9. The summed E-state index contributed by atoms with van der Waals surface area (Å²) in [5.74, 6) is 0.331. The lowest BCUT2D eigenvalue weighted by molar-refractivity contribution is 0.473. The largest absolute Gasteiger partial charge is 0.507 e. The molecule has 4 rings (SSSR count). The van der Waals surface area contributed by atoms with Crippen LogP contribution in [0.25, 0.3) is 0 Å². The highest BCUT2D eigenvalue weighted by molar-refractivity contribution is 6.07. The van der Waals surface area contributed by atoms with Gasteiger partial charge in [0.1, 0.15) is 11.5 Å². The first-order valence-electron chi connectivity index (χ1n) is 11.3. The molecule has 4 heteroatoms. The molecule has 4 nitrogen and oxygen atoms in total. The molecule has 4 aromatic rings. The topological polar surface area (TPSA) is 65.2 Å². The van der Waals surface area contributed by atoms with E-state index >= 15 is 0 Å². The number of phenolic OH excluding ortho intramolecular Hbond substituents is 2. The number of aryl methyl sites for hydroxylation is 2. The van der Waals surface area contributed by atoms with Gasteiger partial charge in [-0.2, -0.15) is 10.2 Å². The summed E-state index contributed by atoms with van der Waals surface area (Å²) >= 11 is 0. The molecule has 0 aromatic heterocycles. The van der Waals surface area contributed by atoms with Gasteiger partial charge in [0.15, 0.2) is 0 Å². The van der Waals surface area contributed by atoms with E-state index in [-0.39, 0.29) is 11.5 Å². The Kier molecular flexibility index (Phi) is 7.19. The first-order chi connectivity index (χ1) is 16.5. The lowest BCUT2D eigenvalue weighted by atomic mass is 9.99. The molecule has 0 heterocycles. The van der Waals surface area contributed by atoms with Gasteiger partial charge in [-0.25, -0.2) is 0 Å². The number of phenols is 2. The van der Waals surface area contributed by atoms with Crippen molar-refractivity contribution in [2.75, 3.05) is 0 Å². The van der Waals surface area contributed by atoms with Crippen LogP contribution in [0.5, 0.6) is 11.5 Å². The van der Waals surface area contributed by atoms with Crippen molar-refractivity contribution in [2.45, 2.75) is 26.7 Å². The zero-order valence-electron chi connectivity index (χ0n) is 19.4. The van der Waals surface area contributed by atoms with Crippen molar-refractivity contribution in [3.8, 4) is 11.5 Å². The minimum atomic E-state index is 0.165. The monoisotopic (exact) mass is 448 g/mol. The third kappa shape index (κ3) is 5.78. The third-order valence-corrected chi connectivity index (χ3v) is 5.65. The Morgan fingerprint density at radius 1 is 0.559 bits per heavy atom. The highest BCUT2D eigenvalue weighted by atomic mass is 16.3. The summed E-state index contributed by atoms with van der Waals surface area (Å²) in [6, 6.07) is 31.0. The first kappa shape index (κ1) is 23.0. The SMILES string of the molecule is Cc1ccc(O)c(/C(Cc2ccccc2)=N/N=C(\Cc2ccccc2)c2cc(C)ccc2O)c1. The van der Waals surface area contributed by atoms with Gasteiger partial charge in [-0.15, -0.1) is 0 Å². The summed E-state index contributed by atoms with van der Waals surface area (Å²) in [4.78, 5) is 0. The maximum Gasteiger partial charge on any atom is 0.124 e. The Balaban J connectivity index is 1.84. The lowest BCUT2D eigenvalue weighted by Gasteiger charge is -2.11. The average molecular weight is 449 g/mol. The van der Waals surface area contributed by atoms with E-state index in [1.807, 2.05) is 98.8 Å². The third-order valence-electron chi connectivity index (χ3n) is 5.65. The van der Waals surface area contributed by atoms with Gasteiger partial charge in [0.25, 0.3) is 0 Å². The van der Waals surface area contributed by atoms with Gasteiger partial charge in [0.05, 0.1) is 11.4 Å². The van der Waals surface area contributed by atoms with E-state index in [9.17, 15) is 10.2 Å². The summed E-state index contributed by atoms with van der Waals surface area (Å²) in [6.07, 6.45) is 1.03. The molecule has 0 aliphatic rings. The lowest BCUT2D eigenvalue weighted by Crippen LogP contribution is -2.09. The summed E-state index contributed by atoms with van der Waals surface area (Å²) in [6.45, 7) is 3.97. The van der Waals surface area contributed by atoms with Crippen LogP contribution in [0.1, 0.15) is 33.4 Å². The summed E-state index contributed by atoms with van der Waals surface area (Å²) < 4.78 is 0. The van der Waals surface area contributed by atoms with Crippen molar-refractivity contribution in [1.29, 1.82) is 0 Å². The Hall–Kier alpha value is -4.18. The smallest absolute Gasteiger partial charge is 0.124 e. The fraction of sp³-hybridized carbons (Fsp3) is 0.133. The summed E-state index contributed by atoms with van der Waals surface area (Å²) in [5, 5.41) is 30.6. The second-order valence-electron chi connectivity index (χ2n) is 8.46. The van der Waals surface area contributed by atoms with Crippen molar-refractivity contribution >= 4 is 11.4 Å². The molecule has 34 heavy (non-hydrogen) atoms. The highest BCUT2D eigenvalue weighted by Gasteiger charge is 2.14. The molecule has 170 valence electrons. The normalized spacial score (nSPS) is 12.1.